The van der Waals surface area contributed by atoms with Crippen LogP contribution in [0.1, 0.15) is 13.8 Å². The van der Waals surface area contributed by atoms with Gasteiger partial charge in [0.05, 0.1) is 0 Å². The van der Waals surface area contributed by atoms with E-state index in [9.17, 15) is 28.6 Å². The molecular formula is C6H10N2O6S. The zero-order chi connectivity index (χ0) is 12.1. The van der Waals surface area contributed by atoms with Gasteiger partial charge in [-0.05, 0) is 0 Å². The predicted octanol–water partition coefficient (Wildman–Crippen LogP) is -0.514. The third-order valence-corrected chi connectivity index (χ3v) is 4.97. The summed E-state index contributed by atoms with van der Waals surface area (Å²) in [6.07, 6.45) is 0. The van der Waals surface area contributed by atoms with E-state index >= 15 is 0 Å². The lowest BCUT2D eigenvalue weighted by Crippen LogP contribution is -2.59. The van der Waals surface area contributed by atoms with Crippen LogP contribution in [0, 0.1) is 20.2 Å². The molecule has 0 bridgehead atoms. The second-order valence-corrected chi connectivity index (χ2v) is 6.16. The molecule has 0 radical (unpaired) electrons. The van der Waals surface area contributed by atoms with Crippen LogP contribution in [0.15, 0.2) is 0 Å². The van der Waals surface area contributed by atoms with Crippen LogP contribution in [-0.2, 0) is 9.84 Å². The van der Waals surface area contributed by atoms with Gasteiger partial charge in [-0.2, -0.15) is 0 Å². The molecule has 1 rings (SSSR count). The summed E-state index contributed by atoms with van der Waals surface area (Å²) in [5, 5.41) is 21.5. The fourth-order valence-electron chi connectivity index (χ4n) is 1.72. The lowest BCUT2D eigenvalue weighted by molar-refractivity contribution is -0.668. The Morgan fingerprint density at radius 1 is 1.00 bits per heavy atom. The molecule has 15 heavy (non-hydrogen) atoms. The Morgan fingerprint density at radius 2 is 1.27 bits per heavy atom. The van der Waals surface area contributed by atoms with E-state index in [1.165, 1.54) is 0 Å². The first-order valence-corrected chi connectivity index (χ1v) is 5.87. The van der Waals surface area contributed by atoms with Gasteiger partial charge in [-0.15, -0.1) is 0 Å². The highest BCUT2D eigenvalue weighted by molar-refractivity contribution is 7.91. The largest absolute Gasteiger partial charge is 0.302 e. The Balaban J connectivity index is 3.40. The third kappa shape index (κ3) is 1.46. The van der Waals surface area contributed by atoms with Crippen molar-refractivity contribution in [2.75, 3.05) is 11.5 Å². The first kappa shape index (κ1) is 11.8. The summed E-state index contributed by atoms with van der Waals surface area (Å²) in [4.78, 5) is 19.8. The van der Waals surface area contributed by atoms with Gasteiger partial charge in [-0.1, -0.05) is 0 Å². The zero-order valence-corrected chi connectivity index (χ0v) is 8.98. The smallest absolute Gasteiger partial charge is 0.264 e. The van der Waals surface area contributed by atoms with Crippen molar-refractivity contribution in [3.63, 3.8) is 0 Å². The average molecular weight is 238 g/mol. The van der Waals surface area contributed by atoms with Crippen LogP contribution in [0.25, 0.3) is 0 Å². The molecule has 0 N–H and O–H groups in total. The average Bonchev–Trinajstić information content (AvgIpc) is 2.19. The van der Waals surface area contributed by atoms with Gasteiger partial charge in [0.15, 0.2) is 9.84 Å². The molecule has 0 aromatic rings. The molecule has 0 spiro atoms. The minimum Gasteiger partial charge on any atom is -0.264 e. The first-order valence-electron chi connectivity index (χ1n) is 4.05. The monoisotopic (exact) mass is 238 g/mol. The summed E-state index contributed by atoms with van der Waals surface area (Å²) in [5.41, 5.74) is -4.12. The van der Waals surface area contributed by atoms with E-state index in [2.05, 4.69) is 0 Å². The number of nitrogens with zero attached hydrogens (tertiary/aromatic N) is 2. The Labute approximate surface area is 85.5 Å². The summed E-state index contributed by atoms with van der Waals surface area (Å²) in [5.74, 6) is -1.57. The molecule has 1 heterocycles. The maximum Gasteiger partial charge on any atom is 0.302 e. The molecule has 1 aliphatic heterocycles. The van der Waals surface area contributed by atoms with Gasteiger partial charge in [0.2, 0.25) is 0 Å². The lowest BCUT2D eigenvalue weighted by atomic mass is 9.84. The molecule has 0 aromatic heterocycles. The van der Waals surface area contributed by atoms with Crippen molar-refractivity contribution in [2.45, 2.75) is 24.9 Å². The zero-order valence-electron chi connectivity index (χ0n) is 8.17. The fourth-order valence-corrected chi connectivity index (χ4v) is 4.36. The van der Waals surface area contributed by atoms with Gasteiger partial charge >= 0.3 is 11.1 Å². The highest BCUT2D eigenvalue weighted by atomic mass is 32.2. The van der Waals surface area contributed by atoms with E-state index in [1.807, 2.05) is 0 Å². The predicted molar refractivity (Wildman–Crippen MR) is 49.5 cm³/mol. The Hall–Kier alpha value is -1.25. The second kappa shape index (κ2) is 2.87. The molecule has 0 aliphatic carbocycles. The minimum absolute atomic E-state index is 0.787. The van der Waals surface area contributed by atoms with Gasteiger partial charge in [0.1, 0.15) is 11.5 Å². The van der Waals surface area contributed by atoms with Crippen molar-refractivity contribution in [1.29, 1.82) is 0 Å². The summed E-state index contributed by atoms with van der Waals surface area (Å²) < 4.78 is 22.5. The van der Waals surface area contributed by atoms with Crippen molar-refractivity contribution >= 4 is 9.84 Å². The van der Waals surface area contributed by atoms with E-state index < -0.39 is 42.3 Å². The number of hydrogen-bond acceptors (Lipinski definition) is 6. The van der Waals surface area contributed by atoms with Crippen molar-refractivity contribution in [3.8, 4) is 0 Å². The van der Waals surface area contributed by atoms with Gasteiger partial charge < -0.3 is 0 Å². The van der Waals surface area contributed by atoms with E-state index in [1.54, 1.807) is 0 Å². The maximum absolute atomic E-state index is 11.3. The lowest BCUT2D eigenvalue weighted by Gasteiger charge is -2.23. The summed E-state index contributed by atoms with van der Waals surface area (Å²) >= 11 is 0. The maximum atomic E-state index is 11.3. The SMILES string of the molecule is CC1([N+](=O)[O-])CS(=O)(=O)CC1(C)[N+](=O)[O-]. The van der Waals surface area contributed by atoms with E-state index in [0.29, 0.717) is 0 Å². The summed E-state index contributed by atoms with van der Waals surface area (Å²) in [6, 6.07) is 0. The van der Waals surface area contributed by atoms with Crippen LogP contribution in [0.4, 0.5) is 0 Å². The quantitative estimate of drug-likeness (QED) is 0.471. The number of hydrogen-bond donors (Lipinski definition) is 0. The van der Waals surface area contributed by atoms with E-state index in [0.717, 1.165) is 13.8 Å². The summed E-state index contributed by atoms with van der Waals surface area (Å²) in [6.45, 7) is 2.00. The van der Waals surface area contributed by atoms with Gasteiger partial charge in [0, 0.05) is 23.7 Å². The molecule has 86 valence electrons. The third-order valence-electron chi connectivity index (χ3n) is 2.97. The molecule has 8 nitrogen and oxygen atoms in total. The van der Waals surface area contributed by atoms with Crippen LogP contribution in [0.5, 0.6) is 0 Å². The molecule has 0 saturated carbocycles. The number of sulfone groups is 1. The minimum atomic E-state index is -3.73. The molecule has 0 aromatic carbocycles. The Bertz CT molecular complexity index is 397. The van der Waals surface area contributed by atoms with Crippen LogP contribution in [-0.4, -0.2) is 40.8 Å². The normalized spacial score (nSPS) is 38.8. The molecule has 2 unspecified atom stereocenters. The fraction of sp³-hybridized carbons (Fsp3) is 1.00. The molecule has 1 saturated heterocycles. The van der Waals surface area contributed by atoms with Crippen LogP contribution in [0.3, 0.4) is 0 Å². The van der Waals surface area contributed by atoms with Gasteiger partial charge in [0.25, 0.3) is 0 Å². The highest BCUT2D eigenvalue weighted by Crippen LogP contribution is 2.37. The van der Waals surface area contributed by atoms with E-state index in [4.69, 9.17) is 0 Å². The molecule has 0 amide bonds. The van der Waals surface area contributed by atoms with Crippen molar-refractivity contribution in [2.24, 2.45) is 0 Å². The van der Waals surface area contributed by atoms with Crippen molar-refractivity contribution in [3.05, 3.63) is 20.2 Å². The van der Waals surface area contributed by atoms with E-state index in [-0.39, 0.29) is 0 Å². The molecule has 1 aliphatic rings. The number of rotatable bonds is 2. The van der Waals surface area contributed by atoms with Crippen molar-refractivity contribution in [1.82, 2.24) is 0 Å². The Morgan fingerprint density at radius 3 is 1.47 bits per heavy atom. The van der Waals surface area contributed by atoms with Gasteiger partial charge in [-0.3, -0.25) is 20.2 Å². The van der Waals surface area contributed by atoms with Crippen molar-refractivity contribution < 1.29 is 18.3 Å². The molecule has 1 fully saturated rings. The topological polar surface area (TPSA) is 120 Å². The molecular weight excluding hydrogens is 228 g/mol. The second-order valence-electron chi connectivity index (χ2n) is 4.09. The van der Waals surface area contributed by atoms with Crippen LogP contribution in [0.2, 0.25) is 0 Å². The Kier molecular flexibility index (Phi) is 2.26. The summed E-state index contributed by atoms with van der Waals surface area (Å²) in [7, 11) is -3.73. The first-order chi connectivity index (χ1) is 6.55. The highest BCUT2D eigenvalue weighted by Gasteiger charge is 2.73. The standard InChI is InChI=1S/C6H10N2O6S/c1-5(7(9)10)3-15(13,14)4-6(5,2)8(11)12/h3-4H2,1-2H3. The van der Waals surface area contributed by atoms with Gasteiger partial charge in [-0.25, -0.2) is 8.42 Å². The van der Waals surface area contributed by atoms with Crippen LogP contribution >= 0.6 is 0 Å². The molecule has 9 heteroatoms. The van der Waals surface area contributed by atoms with Crippen LogP contribution < -0.4 is 0 Å². The molecule has 2 atom stereocenters. The number of nitro groups is 2.